The summed E-state index contributed by atoms with van der Waals surface area (Å²) in [6.45, 7) is 8.45. The van der Waals surface area contributed by atoms with E-state index in [-0.39, 0.29) is 17.4 Å². The van der Waals surface area contributed by atoms with E-state index in [1.54, 1.807) is 0 Å². The fourth-order valence-electron chi connectivity index (χ4n) is 2.62. The van der Waals surface area contributed by atoms with Gasteiger partial charge in [-0.3, -0.25) is 9.59 Å². The molecule has 0 bridgehead atoms. The highest BCUT2D eigenvalue weighted by Gasteiger charge is 2.43. The molecule has 0 N–H and O–H groups in total. The molecule has 0 spiro atoms. The van der Waals surface area contributed by atoms with Crippen molar-refractivity contribution in [1.29, 1.82) is 0 Å². The summed E-state index contributed by atoms with van der Waals surface area (Å²) >= 11 is 0. The van der Waals surface area contributed by atoms with Crippen LogP contribution in [0.3, 0.4) is 0 Å². The molecule has 0 radical (unpaired) electrons. The van der Waals surface area contributed by atoms with Crippen LogP contribution in [0, 0.1) is 5.41 Å². The summed E-state index contributed by atoms with van der Waals surface area (Å²) in [7, 11) is -2.74. The zero-order chi connectivity index (χ0) is 15.2. The van der Waals surface area contributed by atoms with Gasteiger partial charge < -0.3 is 13.6 Å². The fraction of sp³-hybridized carbons (Fsp3) is 0.857. The number of ether oxygens (including phenoxy) is 1. The van der Waals surface area contributed by atoms with Crippen LogP contribution in [0.1, 0.15) is 47.0 Å². The van der Waals surface area contributed by atoms with Gasteiger partial charge in [0.05, 0.1) is 13.2 Å². The van der Waals surface area contributed by atoms with E-state index >= 15 is 0 Å². The third-order valence-electron chi connectivity index (χ3n) is 4.03. The fourth-order valence-corrected chi connectivity index (χ4v) is 5.27. The molecule has 5 nitrogen and oxygen atoms in total. The smallest absolute Gasteiger partial charge is 0.463 e. The van der Waals surface area contributed by atoms with Crippen molar-refractivity contribution in [2.45, 2.75) is 59.0 Å². The zero-order valence-electron chi connectivity index (χ0n) is 13.0. The summed E-state index contributed by atoms with van der Waals surface area (Å²) in [5.41, 5.74) is 0.278. The molecule has 1 aliphatic heterocycles. The van der Waals surface area contributed by atoms with Gasteiger partial charge in [-0.25, -0.2) is 0 Å². The second-order valence-electron chi connectivity index (χ2n) is 5.65. The van der Waals surface area contributed by atoms with Crippen molar-refractivity contribution in [3.05, 3.63) is 0 Å². The molecule has 1 rings (SSSR count). The van der Waals surface area contributed by atoms with E-state index in [1.165, 1.54) is 13.8 Å². The van der Waals surface area contributed by atoms with E-state index in [4.69, 9.17) is 13.6 Å². The number of hydrogen-bond acceptors (Lipinski definition) is 5. The lowest BCUT2D eigenvalue weighted by molar-refractivity contribution is -0.139. The highest BCUT2D eigenvalue weighted by atomic mass is 28.4. The van der Waals surface area contributed by atoms with Crippen molar-refractivity contribution in [3.63, 3.8) is 0 Å². The van der Waals surface area contributed by atoms with Crippen molar-refractivity contribution in [3.8, 4) is 0 Å². The molecule has 1 fully saturated rings. The quantitative estimate of drug-likeness (QED) is 0.645. The lowest BCUT2D eigenvalue weighted by Gasteiger charge is -2.41. The molecule has 20 heavy (non-hydrogen) atoms. The molecule has 1 heterocycles. The van der Waals surface area contributed by atoms with Crippen LogP contribution in [0.2, 0.25) is 12.1 Å². The van der Waals surface area contributed by atoms with Crippen LogP contribution in [-0.4, -0.2) is 33.7 Å². The monoisotopic (exact) mass is 302 g/mol. The van der Waals surface area contributed by atoms with Crippen molar-refractivity contribution in [2.75, 3.05) is 13.2 Å². The predicted molar refractivity (Wildman–Crippen MR) is 77.4 cm³/mol. The molecule has 0 unspecified atom stereocenters. The largest absolute Gasteiger partial charge is 0.485 e. The molecule has 0 aliphatic carbocycles. The Morgan fingerprint density at radius 2 is 1.70 bits per heavy atom. The first kappa shape index (κ1) is 17.2. The van der Waals surface area contributed by atoms with Gasteiger partial charge >= 0.3 is 8.56 Å². The van der Waals surface area contributed by atoms with Crippen LogP contribution < -0.4 is 0 Å². The topological polar surface area (TPSA) is 61.8 Å². The van der Waals surface area contributed by atoms with Gasteiger partial charge in [0.1, 0.15) is 0 Å². The minimum atomic E-state index is -2.74. The third-order valence-corrected chi connectivity index (χ3v) is 7.54. The number of carbonyl (C=O) groups excluding carboxylic acids is 2. The van der Waals surface area contributed by atoms with Crippen LogP contribution in [-0.2, 0) is 23.2 Å². The number of carbonyl (C=O) groups is 2. The van der Waals surface area contributed by atoms with E-state index < -0.39 is 8.56 Å². The third kappa shape index (κ3) is 4.59. The van der Waals surface area contributed by atoms with Gasteiger partial charge in [0, 0.05) is 31.4 Å². The van der Waals surface area contributed by atoms with Gasteiger partial charge in [0.2, 0.25) is 0 Å². The van der Waals surface area contributed by atoms with E-state index in [9.17, 15) is 9.59 Å². The Hall–Kier alpha value is -0.883. The Morgan fingerprint density at radius 3 is 2.00 bits per heavy atom. The van der Waals surface area contributed by atoms with E-state index in [2.05, 4.69) is 6.92 Å². The summed E-state index contributed by atoms with van der Waals surface area (Å²) in [5.74, 6) is -0.728. The van der Waals surface area contributed by atoms with Gasteiger partial charge in [-0.05, 0) is 19.3 Å². The maximum Gasteiger partial charge on any atom is 0.463 e. The van der Waals surface area contributed by atoms with Gasteiger partial charge in [-0.2, -0.15) is 0 Å². The molecule has 116 valence electrons. The Labute approximate surface area is 122 Å². The molecule has 0 saturated carbocycles. The maximum atomic E-state index is 11.3. The van der Waals surface area contributed by atoms with Gasteiger partial charge in [0.15, 0.2) is 0 Å². The van der Waals surface area contributed by atoms with Gasteiger partial charge in [-0.15, -0.1) is 0 Å². The van der Waals surface area contributed by atoms with E-state index in [0.717, 1.165) is 32.5 Å². The molecule has 0 aromatic carbocycles. The highest BCUT2D eigenvalue weighted by molar-refractivity contribution is 6.70. The van der Waals surface area contributed by atoms with Gasteiger partial charge in [-0.1, -0.05) is 13.8 Å². The second kappa shape index (κ2) is 7.22. The Balaban J connectivity index is 2.59. The molecular weight excluding hydrogens is 276 g/mol. The Morgan fingerprint density at radius 1 is 1.15 bits per heavy atom. The van der Waals surface area contributed by atoms with Crippen LogP contribution in [0.5, 0.6) is 0 Å². The molecule has 6 heteroatoms. The van der Waals surface area contributed by atoms with Crippen LogP contribution in [0.15, 0.2) is 0 Å². The first-order chi connectivity index (χ1) is 9.37. The SMILES string of the molecule is CCC1(CCC[Si](CC)(OC(C)=O)OC(C)=O)COC1. The lowest BCUT2D eigenvalue weighted by atomic mass is 9.79. The molecule has 0 atom stereocenters. The molecule has 0 aromatic rings. The first-order valence-electron chi connectivity index (χ1n) is 7.34. The maximum absolute atomic E-state index is 11.3. The van der Waals surface area contributed by atoms with Crippen LogP contribution in [0.25, 0.3) is 0 Å². The molecule has 1 aliphatic rings. The summed E-state index contributed by atoms with van der Waals surface area (Å²) in [5, 5.41) is 0. The Bertz CT molecular complexity index is 330. The minimum absolute atomic E-state index is 0.278. The van der Waals surface area contributed by atoms with Crippen molar-refractivity contribution in [2.24, 2.45) is 5.41 Å². The summed E-state index contributed by atoms with van der Waals surface area (Å²) < 4.78 is 16.2. The average molecular weight is 302 g/mol. The minimum Gasteiger partial charge on any atom is -0.485 e. The van der Waals surface area contributed by atoms with Crippen LogP contribution >= 0.6 is 0 Å². The normalized spacial score (nSPS) is 17.2. The van der Waals surface area contributed by atoms with E-state index in [0.29, 0.717) is 12.1 Å². The predicted octanol–water partition coefficient (Wildman–Crippen LogP) is 2.78. The van der Waals surface area contributed by atoms with Crippen LogP contribution in [0.4, 0.5) is 0 Å². The Kier molecular flexibility index (Phi) is 6.20. The van der Waals surface area contributed by atoms with E-state index in [1.807, 2.05) is 6.92 Å². The summed E-state index contributed by atoms with van der Waals surface area (Å²) in [4.78, 5) is 22.6. The molecule has 1 saturated heterocycles. The summed E-state index contributed by atoms with van der Waals surface area (Å²) in [6, 6.07) is 1.27. The average Bonchev–Trinajstić information content (AvgIpc) is 2.31. The van der Waals surface area contributed by atoms with Crippen molar-refractivity contribution in [1.82, 2.24) is 0 Å². The second-order valence-corrected chi connectivity index (χ2v) is 9.09. The zero-order valence-corrected chi connectivity index (χ0v) is 14.0. The highest BCUT2D eigenvalue weighted by Crippen LogP contribution is 2.37. The van der Waals surface area contributed by atoms with Crippen molar-refractivity contribution >= 4 is 20.5 Å². The first-order valence-corrected chi connectivity index (χ1v) is 9.57. The lowest BCUT2D eigenvalue weighted by Crippen LogP contribution is -2.46. The standard InChI is InChI=1S/C14H26O5Si/c1-5-14(10-17-11-14)8-7-9-20(6-2,18-12(3)15)19-13(4)16/h5-11H2,1-4H3. The van der Waals surface area contributed by atoms with Gasteiger partial charge in [0.25, 0.3) is 11.9 Å². The van der Waals surface area contributed by atoms with Crippen molar-refractivity contribution < 1.29 is 23.2 Å². The molecule has 0 amide bonds. The molecule has 0 aromatic heterocycles. The summed E-state index contributed by atoms with van der Waals surface area (Å²) in [6.07, 6.45) is 3.02. The number of rotatable bonds is 8. The number of hydrogen-bond donors (Lipinski definition) is 0. The molecular formula is C14H26O5Si.